The Morgan fingerprint density at radius 1 is 0.267 bits per heavy atom. The number of rotatable bonds is 3. The molecule has 2 aliphatic carbocycles. The van der Waals surface area contributed by atoms with Crippen LogP contribution in [0, 0.1) is 13.8 Å². The third kappa shape index (κ3) is 4.74. The van der Waals surface area contributed by atoms with Gasteiger partial charge in [-0.15, -0.1) is 0 Å². The third-order valence-corrected chi connectivity index (χ3v) is 14.4. The first-order valence-electron chi connectivity index (χ1n) is 21.5. The van der Waals surface area contributed by atoms with E-state index in [2.05, 4.69) is 211 Å². The van der Waals surface area contributed by atoms with Gasteiger partial charge in [-0.05, 0) is 147 Å². The van der Waals surface area contributed by atoms with Gasteiger partial charge in [-0.2, -0.15) is 0 Å². The van der Waals surface area contributed by atoms with Gasteiger partial charge >= 0.3 is 0 Å². The number of hydrogen-bond donors (Lipinski definition) is 0. The van der Waals surface area contributed by atoms with Gasteiger partial charge in [-0.25, -0.2) is 0 Å². The van der Waals surface area contributed by atoms with Gasteiger partial charge in [-0.1, -0.05) is 197 Å². The lowest BCUT2D eigenvalue weighted by atomic mass is 9.78. The lowest BCUT2D eigenvalue weighted by Crippen LogP contribution is -2.14. The molecule has 0 saturated heterocycles. The third-order valence-electron chi connectivity index (χ3n) is 14.4. The zero-order valence-electron chi connectivity index (χ0n) is 35.2. The van der Waals surface area contributed by atoms with Crippen molar-refractivity contribution in [3.05, 3.63) is 203 Å². The molecule has 0 unspecified atom stereocenters. The van der Waals surface area contributed by atoms with Crippen LogP contribution in [0.4, 0.5) is 0 Å². The number of fused-ring (bicyclic) bond motifs is 10. The second kappa shape index (κ2) is 12.4. The van der Waals surface area contributed by atoms with Crippen LogP contribution in [0.2, 0.25) is 0 Å². The summed E-state index contributed by atoms with van der Waals surface area (Å²) in [6.07, 6.45) is 0. The van der Waals surface area contributed by atoms with Crippen LogP contribution in [-0.2, 0) is 10.8 Å². The molecule has 2 aliphatic rings. The normalized spacial score (nSPS) is 14.4. The summed E-state index contributed by atoms with van der Waals surface area (Å²) < 4.78 is 0. The lowest BCUT2D eigenvalue weighted by Gasteiger charge is -2.25. The van der Waals surface area contributed by atoms with E-state index in [4.69, 9.17) is 0 Å². The van der Waals surface area contributed by atoms with Crippen LogP contribution in [0.3, 0.4) is 0 Å². The Hall–Kier alpha value is -6.76. The predicted molar refractivity (Wildman–Crippen MR) is 257 cm³/mol. The zero-order chi connectivity index (χ0) is 40.7. The Morgan fingerprint density at radius 2 is 0.600 bits per heavy atom. The standard InChI is InChI=1S/C60H46/c1-35-23-27-47-49(31-35)55(37-25-29-41-39-15-11-13-21-51(39)59(3,4)53(41)33-37)43-17-7-9-19-45(43)57(47)58-46-20-10-8-18-44(46)56(50-32-36(2)24-28-48(50)58)38-26-30-42-40-16-12-14-22-52(40)60(5,6)54(42)34-38/h7-34H,1-6H3. The van der Waals surface area contributed by atoms with Gasteiger partial charge in [0.15, 0.2) is 0 Å². The molecule has 0 heterocycles. The van der Waals surface area contributed by atoms with E-state index in [0.29, 0.717) is 0 Å². The van der Waals surface area contributed by atoms with Crippen LogP contribution in [0.5, 0.6) is 0 Å². The van der Waals surface area contributed by atoms with Crippen LogP contribution in [-0.4, -0.2) is 0 Å². The maximum absolute atomic E-state index is 2.50. The smallest absolute Gasteiger partial charge is 0.0159 e. The lowest BCUT2D eigenvalue weighted by molar-refractivity contribution is 0.660. The van der Waals surface area contributed by atoms with E-state index in [0.717, 1.165) is 0 Å². The van der Waals surface area contributed by atoms with Gasteiger partial charge in [0, 0.05) is 10.8 Å². The molecule has 0 amide bonds. The molecule has 0 atom stereocenters. The van der Waals surface area contributed by atoms with E-state index in [9.17, 15) is 0 Å². The Kier molecular flexibility index (Phi) is 7.27. The predicted octanol–water partition coefficient (Wildman–Crippen LogP) is 16.5. The highest BCUT2D eigenvalue weighted by Gasteiger charge is 2.37. The molecule has 0 saturated carbocycles. The number of aryl methyl sites for hydroxylation is 2. The Balaban J connectivity index is 1.16. The first kappa shape index (κ1) is 35.2. The molecule has 0 aliphatic heterocycles. The van der Waals surface area contributed by atoms with Gasteiger partial charge in [0.25, 0.3) is 0 Å². The summed E-state index contributed by atoms with van der Waals surface area (Å²) >= 11 is 0. The van der Waals surface area contributed by atoms with Crippen molar-refractivity contribution in [2.45, 2.75) is 52.4 Å². The van der Waals surface area contributed by atoms with Crippen LogP contribution in [0.1, 0.15) is 61.1 Å². The van der Waals surface area contributed by atoms with E-state index in [1.807, 2.05) is 0 Å². The van der Waals surface area contributed by atoms with E-state index in [1.165, 1.54) is 132 Å². The minimum Gasteiger partial charge on any atom is -0.0619 e. The topological polar surface area (TPSA) is 0 Å². The molecule has 0 aromatic heterocycles. The van der Waals surface area contributed by atoms with Crippen molar-refractivity contribution in [2.75, 3.05) is 0 Å². The van der Waals surface area contributed by atoms with E-state index >= 15 is 0 Å². The van der Waals surface area contributed by atoms with Crippen molar-refractivity contribution < 1.29 is 0 Å². The molecule has 0 fully saturated rings. The maximum Gasteiger partial charge on any atom is 0.0159 e. The second-order valence-electron chi connectivity index (χ2n) is 18.6. The molecular weight excluding hydrogens is 721 g/mol. The molecular formula is C60H46. The number of benzene rings is 10. The van der Waals surface area contributed by atoms with Crippen molar-refractivity contribution in [1.82, 2.24) is 0 Å². The summed E-state index contributed by atoms with van der Waals surface area (Å²) in [5.41, 5.74) is 21.2. The summed E-state index contributed by atoms with van der Waals surface area (Å²) in [6, 6.07) is 65.0. The number of hydrogen-bond acceptors (Lipinski definition) is 0. The summed E-state index contributed by atoms with van der Waals surface area (Å²) in [5.74, 6) is 0. The summed E-state index contributed by atoms with van der Waals surface area (Å²) in [5, 5.41) is 10.3. The highest BCUT2D eigenvalue weighted by molar-refractivity contribution is 6.30. The SMILES string of the molecule is Cc1ccc2c(-c3c4ccccc4c(-c4ccc5c(c4)C(C)(C)c4ccccc4-5)c4cc(C)ccc34)c3ccccc3c(-c3ccc4c(c3)C(C)(C)c3ccccc3-4)c2c1. The molecule has 10 aromatic carbocycles. The van der Waals surface area contributed by atoms with Gasteiger partial charge in [0.2, 0.25) is 0 Å². The molecule has 0 N–H and O–H groups in total. The van der Waals surface area contributed by atoms with Gasteiger partial charge < -0.3 is 0 Å². The Labute approximate surface area is 352 Å². The van der Waals surface area contributed by atoms with Crippen molar-refractivity contribution in [3.8, 4) is 55.6 Å². The van der Waals surface area contributed by atoms with Crippen LogP contribution < -0.4 is 0 Å². The molecule has 0 nitrogen and oxygen atoms in total. The minimum absolute atomic E-state index is 0.0837. The quantitative estimate of drug-likeness (QED) is 0.157. The summed E-state index contributed by atoms with van der Waals surface area (Å²) in [6.45, 7) is 14.0. The Morgan fingerprint density at radius 3 is 1.02 bits per heavy atom. The van der Waals surface area contributed by atoms with Crippen LogP contribution >= 0.6 is 0 Å². The molecule has 0 heteroatoms. The monoisotopic (exact) mass is 766 g/mol. The largest absolute Gasteiger partial charge is 0.0619 e. The highest BCUT2D eigenvalue weighted by Crippen LogP contribution is 2.55. The van der Waals surface area contributed by atoms with Crippen molar-refractivity contribution in [1.29, 1.82) is 0 Å². The molecule has 12 rings (SSSR count). The van der Waals surface area contributed by atoms with E-state index < -0.39 is 0 Å². The fourth-order valence-electron chi connectivity index (χ4n) is 11.5. The van der Waals surface area contributed by atoms with Crippen molar-refractivity contribution in [2.24, 2.45) is 0 Å². The van der Waals surface area contributed by atoms with Crippen LogP contribution in [0.25, 0.3) is 98.7 Å². The minimum atomic E-state index is -0.0837. The average molecular weight is 767 g/mol. The van der Waals surface area contributed by atoms with Crippen molar-refractivity contribution in [3.63, 3.8) is 0 Å². The van der Waals surface area contributed by atoms with E-state index in [-0.39, 0.29) is 10.8 Å². The molecule has 0 bridgehead atoms. The van der Waals surface area contributed by atoms with Gasteiger partial charge in [-0.3, -0.25) is 0 Å². The molecule has 0 spiro atoms. The summed E-state index contributed by atoms with van der Waals surface area (Å²) in [7, 11) is 0. The fraction of sp³-hybridized carbons (Fsp3) is 0.133. The zero-order valence-corrected chi connectivity index (χ0v) is 35.2. The molecule has 10 aromatic rings. The molecule has 0 radical (unpaired) electrons. The second-order valence-corrected chi connectivity index (χ2v) is 18.6. The molecule has 286 valence electrons. The summed E-state index contributed by atoms with van der Waals surface area (Å²) in [4.78, 5) is 0. The highest BCUT2D eigenvalue weighted by atomic mass is 14.4. The maximum atomic E-state index is 2.50. The average Bonchev–Trinajstić information content (AvgIpc) is 3.63. The first-order chi connectivity index (χ1) is 29.1. The van der Waals surface area contributed by atoms with Crippen LogP contribution in [0.15, 0.2) is 170 Å². The Bertz CT molecular complexity index is 3260. The van der Waals surface area contributed by atoms with E-state index in [1.54, 1.807) is 0 Å². The van der Waals surface area contributed by atoms with Gasteiger partial charge in [0.05, 0.1) is 0 Å². The fourth-order valence-corrected chi connectivity index (χ4v) is 11.5. The van der Waals surface area contributed by atoms with Crippen molar-refractivity contribution >= 4 is 43.1 Å². The van der Waals surface area contributed by atoms with Gasteiger partial charge in [0.1, 0.15) is 0 Å². The molecule has 60 heavy (non-hydrogen) atoms. The first-order valence-corrected chi connectivity index (χ1v) is 21.5.